The Kier molecular flexibility index (Phi) is 10.4. The number of rotatable bonds is 2. The minimum atomic E-state index is 0.813. The van der Waals surface area contributed by atoms with Crippen LogP contribution in [0.25, 0.3) is 0 Å². The van der Waals surface area contributed by atoms with Crippen LogP contribution < -0.4 is 0 Å². The second-order valence-corrected chi connectivity index (χ2v) is 7.38. The van der Waals surface area contributed by atoms with E-state index >= 15 is 0 Å². The van der Waals surface area contributed by atoms with Crippen LogP contribution in [0.4, 0.5) is 0 Å². The lowest BCUT2D eigenvalue weighted by Gasteiger charge is -2.00. The molecule has 2 aromatic carbocycles. The maximum Gasteiger partial charge on any atom is 0.0438 e. The van der Waals surface area contributed by atoms with Gasteiger partial charge in [-0.2, -0.15) is 0 Å². The molecule has 0 saturated heterocycles. The van der Waals surface area contributed by atoms with Crippen LogP contribution in [0.5, 0.6) is 0 Å². The van der Waals surface area contributed by atoms with Crippen molar-refractivity contribution >= 4 is 23.2 Å². The van der Waals surface area contributed by atoms with Gasteiger partial charge < -0.3 is 0 Å². The van der Waals surface area contributed by atoms with Crippen molar-refractivity contribution < 1.29 is 0 Å². The second kappa shape index (κ2) is 11.7. The average Bonchev–Trinajstić information content (AvgIpc) is 3.56. The zero-order valence-electron chi connectivity index (χ0n) is 17.2. The van der Waals surface area contributed by atoms with Crippen LogP contribution in [-0.2, 0) is 0 Å². The molecule has 0 nitrogen and oxygen atoms in total. The van der Waals surface area contributed by atoms with Crippen molar-refractivity contribution in [3.05, 3.63) is 68.7 Å². The van der Waals surface area contributed by atoms with Gasteiger partial charge in [-0.15, -0.1) is 0 Å². The minimum absolute atomic E-state index is 0.813. The van der Waals surface area contributed by atoms with E-state index in [9.17, 15) is 0 Å². The molecule has 2 saturated carbocycles. The third kappa shape index (κ3) is 7.33. The molecule has 144 valence electrons. The van der Waals surface area contributed by atoms with Gasteiger partial charge in [0.1, 0.15) is 0 Å². The highest BCUT2D eigenvalue weighted by Gasteiger charge is 2.24. The molecule has 4 rings (SSSR count). The first-order valence-electron chi connectivity index (χ1n) is 10.1. The Labute approximate surface area is 170 Å². The van der Waals surface area contributed by atoms with E-state index in [1.165, 1.54) is 47.9 Å². The maximum atomic E-state index is 5.99. The summed E-state index contributed by atoms with van der Waals surface area (Å²) in [5.74, 6) is 1.63. The van der Waals surface area contributed by atoms with Crippen molar-refractivity contribution in [3.63, 3.8) is 0 Å². The summed E-state index contributed by atoms with van der Waals surface area (Å²) in [7, 11) is 0. The fourth-order valence-corrected chi connectivity index (χ4v) is 2.94. The Hall–Kier alpha value is -0.980. The summed E-state index contributed by atoms with van der Waals surface area (Å²) in [5, 5.41) is 1.82. The topological polar surface area (TPSA) is 0 Å². The molecule has 2 fully saturated rings. The zero-order valence-corrected chi connectivity index (χ0v) is 18.7. The first-order valence-corrected chi connectivity index (χ1v) is 10.8. The van der Waals surface area contributed by atoms with Gasteiger partial charge >= 0.3 is 0 Å². The predicted molar refractivity (Wildman–Crippen MR) is 119 cm³/mol. The summed E-state index contributed by atoms with van der Waals surface area (Å²) >= 11 is 12.0. The van der Waals surface area contributed by atoms with Crippen LogP contribution in [0, 0.1) is 13.8 Å². The van der Waals surface area contributed by atoms with Gasteiger partial charge in [-0.25, -0.2) is 0 Å². The number of aryl methyl sites for hydroxylation is 2. The van der Waals surface area contributed by atoms with E-state index in [-0.39, 0.29) is 0 Å². The monoisotopic (exact) mass is 392 g/mol. The molecule has 0 N–H and O–H groups in total. The van der Waals surface area contributed by atoms with Crippen molar-refractivity contribution in [2.24, 2.45) is 0 Å². The SMILES string of the molecule is CC.CC.Cc1ccc(C2CC2)cc1Cl.Cc1ccc(C2CC2)cc1Cl. The van der Waals surface area contributed by atoms with Crippen LogP contribution in [0.2, 0.25) is 10.0 Å². The Morgan fingerprint density at radius 3 is 1.15 bits per heavy atom. The van der Waals surface area contributed by atoms with Crippen molar-refractivity contribution in [1.82, 2.24) is 0 Å². The van der Waals surface area contributed by atoms with Gasteiger partial charge in [0.05, 0.1) is 0 Å². The van der Waals surface area contributed by atoms with E-state index < -0.39 is 0 Å². The lowest BCUT2D eigenvalue weighted by molar-refractivity contribution is 1.13. The van der Waals surface area contributed by atoms with Gasteiger partial charge in [0.25, 0.3) is 0 Å². The first kappa shape index (κ1) is 23.1. The molecule has 2 aliphatic rings. The quantitative estimate of drug-likeness (QED) is 0.477. The van der Waals surface area contributed by atoms with Crippen molar-refractivity contribution in [1.29, 1.82) is 0 Å². The summed E-state index contributed by atoms with van der Waals surface area (Å²) in [6, 6.07) is 12.8. The molecule has 0 heterocycles. The molecule has 0 aromatic heterocycles. The number of halogens is 2. The third-order valence-corrected chi connectivity index (χ3v) is 5.30. The van der Waals surface area contributed by atoms with Crippen molar-refractivity contribution in [2.45, 2.75) is 79.1 Å². The summed E-state index contributed by atoms with van der Waals surface area (Å²) in [5.41, 5.74) is 5.19. The van der Waals surface area contributed by atoms with Crippen LogP contribution in [0.3, 0.4) is 0 Å². The molecule has 0 aliphatic heterocycles. The standard InChI is InChI=1S/2C10H11Cl.2C2H6/c2*1-7-2-3-9(6-10(7)11)8-4-5-8;2*1-2/h2*2-3,6,8H,4-5H2,1H3;2*1-2H3. The van der Waals surface area contributed by atoms with Crippen molar-refractivity contribution in [2.75, 3.05) is 0 Å². The average molecular weight is 393 g/mol. The fourth-order valence-electron chi connectivity index (χ4n) is 2.56. The predicted octanol–water partition coefficient (Wildman–Crippen LogP) is 9.10. The van der Waals surface area contributed by atoms with Gasteiger partial charge in [-0.3, -0.25) is 0 Å². The van der Waals surface area contributed by atoms with E-state index in [0.29, 0.717) is 0 Å². The van der Waals surface area contributed by atoms with Crippen LogP contribution in [0.1, 0.15) is 87.5 Å². The highest BCUT2D eigenvalue weighted by molar-refractivity contribution is 6.31. The Bertz CT molecular complexity index is 608. The van der Waals surface area contributed by atoms with Crippen LogP contribution in [0.15, 0.2) is 36.4 Å². The Morgan fingerprint density at radius 2 is 0.923 bits per heavy atom. The number of hydrogen-bond acceptors (Lipinski definition) is 0. The summed E-state index contributed by atoms with van der Waals surface area (Å²) in [6.45, 7) is 12.1. The van der Waals surface area contributed by atoms with Gasteiger partial charge in [-0.1, -0.05) is 75.2 Å². The Morgan fingerprint density at radius 1 is 0.615 bits per heavy atom. The molecule has 0 bridgehead atoms. The smallest absolute Gasteiger partial charge is 0.0438 e. The Balaban J connectivity index is 0.000000219. The van der Waals surface area contributed by atoms with E-state index in [4.69, 9.17) is 23.2 Å². The molecule has 0 unspecified atom stereocenters. The number of benzene rings is 2. The maximum absolute atomic E-state index is 5.99. The van der Waals surface area contributed by atoms with E-state index in [0.717, 1.165) is 21.9 Å². The van der Waals surface area contributed by atoms with Crippen molar-refractivity contribution in [3.8, 4) is 0 Å². The van der Waals surface area contributed by atoms with E-state index in [1.807, 2.05) is 41.5 Å². The molecule has 0 radical (unpaired) electrons. The number of hydrogen-bond donors (Lipinski definition) is 0. The fraction of sp³-hybridized carbons (Fsp3) is 0.500. The molecule has 2 aliphatic carbocycles. The normalized spacial score (nSPS) is 14.8. The molecule has 0 atom stereocenters. The van der Waals surface area contributed by atoms with Gasteiger partial charge in [0.2, 0.25) is 0 Å². The molecular formula is C24H34Cl2. The molecule has 26 heavy (non-hydrogen) atoms. The summed E-state index contributed by atoms with van der Waals surface area (Å²) in [6.07, 6.45) is 5.39. The van der Waals surface area contributed by atoms with Crippen LogP contribution >= 0.6 is 23.2 Å². The van der Waals surface area contributed by atoms with Gasteiger partial charge in [0, 0.05) is 10.0 Å². The highest BCUT2D eigenvalue weighted by atomic mass is 35.5. The third-order valence-electron chi connectivity index (χ3n) is 4.49. The largest absolute Gasteiger partial charge is 0.0840 e. The molecule has 0 amide bonds. The van der Waals surface area contributed by atoms with Gasteiger partial charge in [-0.05, 0) is 85.8 Å². The first-order chi connectivity index (χ1) is 12.5. The second-order valence-electron chi connectivity index (χ2n) is 6.57. The molecular weight excluding hydrogens is 359 g/mol. The molecule has 2 aromatic rings. The summed E-state index contributed by atoms with van der Waals surface area (Å²) in [4.78, 5) is 0. The highest BCUT2D eigenvalue weighted by Crippen LogP contribution is 2.41. The lowest BCUT2D eigenvalue weighted by Crippen LogP contribution is -1.80. The summed E-state index contributed by atoms with van der Waals surface area (Å²) < 4.78 is 0. The van der Waals surface area contributed by atoms with E-state index in [1.54, 1.807) is 0 Å². The molecule has 0 spiro atoms. The lowest BCUT2D eigenvalue weighted by atomic mass is 10.1. The van der Waals surface area contributed by atoms with E-state index in [2.05, 4.69) is 36.4 Å². The van der Waals surface area contributed by atoms with Crippen LogP contribution in [-0.4, -0.2) is 0 Å². The zero-order chi connectivity index (χ0) is 19.7. The minimum Gasteiger partial charge on any atom is -0.0840 e. The molecule has 2 heteroatoms. The van der Waals surface area contributed by atoms with Gasteiger partial charge in [0.15, 0.2) is 0 Å².